The summed E-state index contributed by atoms with van der Waals surface area (Å²) in [5.74, 6) is 0.804. The molecule has 1 aliphatic carbocycles. The molecule has 0 aromatic heterocycles. The smallest absolute Gasteiger partial charge is 0.0672 e. The molecule has 0 aliphatic heterocycles. The summed E-state index contributed by atoms with van der Waals surface area (Å²) in [5.41, 5.74) is 1.41. The average molecular weight is 256 g/mol. The van der Waals surface area contributed by atoms with Crippen LogP contribution in [0.4, 0.5) is 0 Å². The van der Waals surface area contributed by atoms with E-state index in [1.54, 1.807) is 0 Å². The van der Waals surface area contributed by atoms with E-state index in [-0.39, 0.29) is 5.92 Å². The zero-order chi connectivity index (χ0) is 13.5. The van der Waals surface area contributed by atoms with Gasteiger partial charge in [0.05, 0.1) is 12.0 Å². The molecule has 2 rings (SSSR count). The van der Waals surface area contributed by atoms with Crippen molar-refractivity contribution in [2.24, 2.45) is 5.92 Å². The van der Waals surface area contributed by atoms with Gasteiger partial charge in [0.15, 0.2) is 0 Å². The van der Waals surface area contributed by atoms with Crippen LogP contribution in [-0.2, 0) is 0 Å². The normalized spacial score (nSPS) is 24.6. The lowest BCUT2D eigenvalue weighted by molar-refractivity contribution is 0.310. The number of nitrogens with zero attached hydrogens (tertiary/aromatic N) is 1. The number of nitrogens with one attached hydrogen (secondary N) is 1. The zero-order valence-electron chi connectivity index (χ0n) is 11.8. The van der Waals surface area contributed by atoms with E-state index in [9.17, 15) is 0 Å². The van der Waals surface area contributed by atoms with Crippen molar-refractivity contribution in [2.75, 3.05) is 6.54 Å². The van der Waals surface area contributed by atoms with Gasteiger partial charge in [-0.25, -0.2) is 0 Å². The minimum Gasteiger partial charge on any atom is -0.313 e. The molecular formula is C17H24N2. The van der Waals surface area contributed by atoms with Gasteiger partial charge in [0, 0.05) is 6.04 Å². The highest BCUT2D eigenvalue weighted by molar-refractivity contribution is 5.18. The van der Waals surface area contributed by atoms with Crippen LogP contribution in [0, 0.1) is 17.2 Å². The molecule has 1 N–H and O–H groups in total. The first kappa shape index (κ1) is 14.1. The van der Waals surface area contributed by atoms with Crippen LogP contribution < -0.4 is 5.32 Å². The second kappa shape index (κ2) is 7.31. The first-order chi connectivity index (χ1) is 9.31. The molecule has 3 atom stereocenters. The highest BCUT2D eigenvalue weighted by Crippen LogP contribution is 2.24. The summed E-state index contributed by atoms with van der Waals surface area (Å²) < 4.78 is 0. The van der Waals surface area contributed by atoms with Crippen molar-refractivity contribution in [3.8, 4) is 6.07 Å². The van der Waals surface area contributed by atoms with E-state index in [2.05, 4.69) is 48.6 Å². The maximum Gasteiger partial charge on any atom is 0.0672 e. The molecule has 0 heterocycles. The molecule has 1 saturated carbocycles. The van der Waals surface area contributed by atoms with Crippen LogP contribution in [-0.4, -0.2) is 12.6 Å². The molecule has 2 heteroatoms. The molecule has 102 valence electrons. The summed E-state index contributed by atoms with van der Waals surface area (Å²) in [6, 6.07) is 13.5. The fourth-order valence-electron chi connectivity index (χ4n) is 2.96. The van der Waals surface area contributed by atoms with Gasteiger partial charge in [0.25, 0.3) is 0 Å². The number of rotatable bonds is 5. The van der Waals surface area contributed by atoms with E-state index < -0.39 is 0 Å². The van der Waals surface area contributed by atoms with E-state index in [1.807, 2.05) is 0 Å². The molecule has 0 radical (unpaired) electrons. The molecular weight excluding hydrogens is 232 g/mol. The molecule has 19 heavy (non-hydrogen) atoms. The Morgan fingerprint density at radius 2 is 2.00 bits per heavy atom. The van der Waals surface area contributed by atoms with Crippen LogP contribution in [0.15, 0.2) is 30.3 Å². The van der Waals surface area contributed by atoms with E-state index in [0.29, 0.717) is 12.0 Å². The third kappa shape index (κ3) is 4.08. The van der Waals surface area contributed by atoms with Gasteiger partial charge in [-0.15, -0.1) is 0 Å². The summed E-state index contributed by atoms with van der Waals surface area (Å²) in [6.45, 7) is 3.29. The topological polar surface area (TPSA) is 35.8 Å². The summed E-state index contributed by atoms with van der Waals surface area (Å²) in [5, 5.41) is 12.8. The average Bonchev–Trinajstić information content (AvgIpc) is 2.48. The number of benzene rings is 1. The Hall–Kier alpha value is -1.33. The zero-order valence-corrected chi connectivity index (χ0v) is 11.8. The largest absolute Gasteiger partial charge is 0.313 e. The van der Waals surface area contributed by atoms with Crippen LogP contribution >= 0.6 is 0 Å². The van der Waals surface area contributed by atoms with Gasteiger partial charge in [-0.1, -0.05) is 50.1 Å². The van der Waals surface area contributed by atoms with Crippen molar-refractivity contribution in [1.29, 1.82) is 5.26 Å². The van der Waals surface area contributed by atoms with Crippen LogP contribution in [0.2, 0.25) is 0 Å². The van der Waals surface area contributed by atoms with Crippen molar-refractivity contribution in [2.45, 2.75) is 51.0 Å². The van der Waals surface area contributed by atoms with Crippen molar-refractivity contribution < 1.29 is 0 Å². The lowest BCUT2D eigenvalue weighted by atomic mass is 9.85. The molecule has 0 saturated heterocycles. The van der Waals surface area contributed by atoms with Gasteiger partial charge >= 0.3 is 0 Å². The Kier molecular flexibility index (Phi) is 5.42. The fourth-order valence-corrected chi connectivity index (χ4v) is 2.96. The van der Waals surface area contributed by atoms with Gasteiger partial charge in [-0.3, -0.25) is 0 Å². The van der Waals surface area contributed by atoms with Gasteiger partial charge in [-0.05, 0) is 37.3 Å². The Bertz CT molecular complexity index is 407. The Labute approximate surface area is 116 Å². The predicted octanol–water partition coefficient (Wildman–Crippen LogP) is 3.85. The third-order valence-corrected chi connectivity index (χ3v) is 4.28. The van der Waals surface area contributed by atoms with Crippen LogP contribution in [0.3, 0.4) is 0 Å². The van der Waals surface area contributed by atoms with Gasteiger partial charge in [0.2, 0.25) is 0 Å². The molecule has 1 aromatic carbocycles. The second-order valence-corrected chi connectivity index (χ2v) is 5.68. The molecule has 1 aromatic rings. The quantitative estimate of drug-likeness (QED) is 0.868. The van der Waals surface area contributed by atoms with E-state index in [4.69, 9.17) is 5.26 Å². The Morgan fingerprint density at radius 1 is 1.26 bits per heavy atom. The minimum absolute atomic E-state index is 0.223. The number of hydrogen-bond acceptors (Lipinski definition) is 2. The highest BCUT2D eigenvalue weighted by atomic mass is 14.9. The summed E-state index contributed by atoms with van der Waals surface area (Å²) in [4.78, 5) is 0. The lowest BCUT2D eigenvalue weighted by Gasteiger charge is -2.28. The first-order valence-electron chi connectivity index (χ1n) is 7.49. The van der Waals surface area contributed by atoms with Crippen molar-refractivity contribution >= 4 is 0 Å². The lowest BCUT2D eigenvalue weighted by Crippen LogP contribution is -2.38. The number of hydrogen-bond donors (Lipinski definition) is 1. The Morgan fingerprint density at radius 3 is 2.74 bits per heavy atom. The summed E-state index contributed by atoms with van der Waals surface area (Å²) in [6.07, 6.45) is 5.86. The van der Waals surface area contributed by atoms with Gasteiger partial charge < -0.3 is 5.32 Å². The standard InChI is InChI=1S/C17H24N2/c1-14(15-7-3-2-4-8-15)11-12-19-17-10-6-5-9-16(17)13-18/h2-4,7-8,14,16-17,19H,5-6,9-12H2,1H3. The van der Waals surface area contributed by atoms with Crippen molar-refractivity contribution in [1.82, 2.24) is 5.32 Å². The highest BCUT2D eigenvalue weighted by Gasteiger charge is 2.24. The molecule has 2 nitrogen and oxygen atoms in total. The second-order valence-electron chi connectivity index (χ2n) is 5.68. The third-order valence-electron chi connectivity index (χ3n) is 4.28. The monoisotopic (exact) mass is 256 g/mol. The maximum absolute atomic E-state index is 9.16. The van der Waals surface area contributed by atoms with E-state index >= 15 is 0 Å². The van der Waals surface area contributed by atoms with Gasteiger partial charge in [0.1, 0.15) is 0 Å². The van der Waals surface area contributed by atoms with Crippen LogP contribution in [0.25, 0.3) is 0 Å². The SMILES string of the molecule is CC(CCNC1CCCCC1C#N)c1ccccc1. The predicted molar refractivity (Wildman–Crippen MR) is 78.8 cm³/mol. The summed E-state index contributed by atoms with van der Waals surface area (Å²) >= 11 is 0. The van der Waals surface area contributed by atoms with Crippen LogP contribution in [0.5, 0.6) is 0 Å². The van der Waals surface area contributed by atoms with E-state index in [0.717, 1.165) is 25.8 Å². The molecule has 1 fully saturated rings. The summed E-state index contributed by atoms with van der Waals surface area (Å²) in [7, 11) is 0. The Balaban J connectivity index is 1.75. The molecule has 1 aliphatic rings. The molecule has 0 amide bonds. The molecule has 0 bridgehead atoms. The van der Waals surface area contributed by atoms with Gasteiger partial charge in [-0.2, -0.15) is 5.26 Å². The van der Waals surface area contributed by atoms with Crippen molar-refractivity contribution in [3.05, 3.63) is 35.9 Å². The molecule has 3 unspecified atom stereocenters. The van der Waals surface area contributed by atoms with E-state index in [1.165, 1.54) is 18.4 Å². The van der Waals surface area contributed by atoms with Crippen molar-refractivity contribution in [3.63, 3.8) is 0 Å². The maximum atomic E-state index is 9.16. The fraction of sp³-hybridized carbons (Fsp3) is 0.588. The number of nitriles is 1. The minimum atomic E-state index is 0.223. The first-order valence-corrected chi connectivity index (χ1v) is 7.49. The molecule has 0 spiro atoms. The van der Waals surface area contributed by atoms with Crippen LogP contribution in [0.1, 0.15) is 50.5 Å².